The van der Waals surface area contributed by atoms with E-state index in [0.717, 1.165) is 32.0 Å². The molecule has 0 fully saturated rings. The van der Waals surface area contributed by atoms with Gasteiger partial charge in [0.2, 0.25) is 0 Å². The fourth-order valence-electron chi connectivity index (χ4n) is 2.04. The molecule has 0 saturated heterocycles. The Balaban J connectivity index is 2.54. The SMILES string of the molecule is CCN(CC(C)C)c1ccc(CNCC(C)C)cn1. The van der Waals surface area contributed by atoms with Gasteiger partial charge in [0.15, 0.2) is 0 Å². The second kappa shape index (κ2) is 8.16. The molecule has 1 aromatic rings. The van der Waals surface area contributed by atoms with Gasteiger partial charge in [-0.2, -0.15) is 0 Å². The van der Waals surface area contributed by atoms with E-state index < -0.39 is 0 Å². The third-order valence-corrected chi connectivity index (χ3v) is 2.98. The van der Waals surface area contributed by atoms with Crippen molar-refractivity contribution in [2.24, 2.45) is 11.8 Å². The first-order valence-corrected chi connectivity index (χ1v) is 7.43. The molecule has 0 aliphatic heterocycles. The number of anilines is 1. The van der Waals surface area contributed by atoms with E-state index in [1.54, 1.807) is 0 Å². The van der Waals surface area contributed by atoms with Crippen LogP contribution in [0.1, 0.15) is 40.2 Å². The van der Waals surface area contributed by atoms with Gasteiger partial charge in [-0.05, 0) is 36.9 Å². The third-order valence-electron chi connectivity index (χ3n) is 2.98. The van der Waals surface area contributed by atoms with Crippen LogP contribution in [-0.2, 0) is 6.54 Å². The smallest absolute Gasteiger partial charge is 0.128 e. The molecule has 0 atom stereocenters. The quantitative estimate of drug-likeness (QED) is 0.780. The molecule has 0 aliphatic rings. The predicted molar refractivity (Wildman–Crippen MR) is 83.5 cm³/mol. The number of hydrogen-bond acceptors (Lipinski definition) is 3. The van der Waals surface area contributed by atoms with Crippen LogP contribution in [0.5, 0.6) is 0 Å². The first-order chi connectivity index (χ1) is 9.02. The summed E-state index contributed by atoms with van der Waals surface area (Å²) in [5.41, 5.74) is 1.25. The van der Waals surface area contributed by atoms with Crippen LogP contribution in [0.4, 0.5) is 5.82 Å². The highest BCUT2D eigenvalue weighted by atomic mass is 15.2. The Labute approximate surface area is 118 Å². The van der Waals surface area contributed by atoms with Gasteiger partial charge in [0.05, 0.1) is 0 Å². The summed E-state index contributed by atoms with van der Waals surface area (Å²) in [6.45, 7) is 15.1. The molecular weight excluding hydrogens is 234 g/mol. The van der Waals surface area contributed by atoms with Crippen LogP contribution in [0.25, 0.3) is 0 Å². The van der Waals surface area contributed by atoms with Crippen molar-refractivity contribution in [1.82, 2.24) is 10.3 Å². The van der Waals surface area contributed by atoms with E-state index in [1.165, 1.54) is 5.56 Å². The average Bonchev–Trinajstić information content (AvgIpc) is 2.36. The summed E-state index contributed by atoms with van der Waals surface area (Å²) < 4.78 is 0. The van der Waals surface area contributed by atoms with Crippen LogP contribution >= 0.6 is 0 Å². The first-order valence-electron chi connectivity index (χ1n) is 7.43. The summed E-state index contributed by atoms with van der Waals surface area (Å²) in [5, 5.41) is 3.44. The predicted octanol–water partition coefficient (Wildman–Crippen LogP) is 3.31. The zero-order chi connectivity index (χ0) is 14.3. The summed E-state index contributed by atoms with van der Waals surface area (Å²) in [6.07, 6.45) is 1.99. The zero-order valence-corrected chi connectivity index (χ0v) is 13.1. The monoisotopic (exact) mass is 263 g/mol. The van der Waals surface area contributed by atoms with E-state index in [1.807, 2.05) is 6.20 Å². The molecule has 108 valence electrons. The van der Waals surface area contributed by atoms with Crippen molar-refractivity contribution in [2.45, 2.75) is 41.2 Å². The van der Waals surface area contributed by atoms with E-state index in [-0.39, 0.29) is 0 Å². The van der Waals surface area contributed by atoms with Crippen molar-refractivity contribution in [1.29, 1.82) is 0 Å². The van der Waals surface area contributed by atoms with Gasteiger partial charge in [0, 0.05) is 25.8 Å². The Kier molecular flexibility index (Phi) is 6.85. The lowest BCUT2D eigenvalue weighted by Gasteiger charge is -2.24. The average molecular weight is 263 g/mol. The number of nitrogens with zero attached hydrogens (tertiary/aromatic N) is 2. The van der Waals surface area contributed by atoms with Gasteiger partial charge in [-0.15, -0.1) is 0 Å². The molecule has 0 bridgehead atoms. The molecule has 1 aromatic heterocycles. The third kappa shape index (κ3) is 6.06. The lowest BCUT2D eigenvalue weighted by atomic mass is 10.2. The van der Waals surface area contributed by atoms with Crippen molar-refractivity contribution in [3.05, 3.63) is 23.9 Å². The number of rotatable bonds is 8. The summed E-state index contributed by atoms with van der Waals surface area (Å²) in [7, 11) is 0. The Bertz CT molecular complexity index is 344. The Hall–Kier alpha value is -1.09. The van der Waals surface area contributed by atoms with Gasteiger partial charge >= 0.3 is 0 Å². The number of aromatic nitrogens is 1. The minimum Gasteiger partial charge on any atom is -0.357 e. The molecule has 0 amide bonds. The summed E-state index contributed by atoms with van der Waals surface area (Å²) in [4.78, 5) is 6.92. The van der Waals surface area contributed by atoms with Gasteiger partial charge in [-0.25, -0.2) is 4.98 Å². The summed E-state index contributed by atoms with van der Waals surface area (Å²) in [5.74, 6) is 2.44. The Morgan fingerprint density at radius 1 is 1.16 bits per heavy atom. The minimum atomic E-state index is 0.661. The molecule has 3 heteroatoms. The van der Waals surface area contributed by atoms with E-state index in [2.05, 4.69) is 62.0 Å². The summed E-state index contributed by atoms with van der Waals surface area (Å²) >= 11 is 0. The molecule has 0 spiro atoms. The van der Waals surface area contributed by atoms with Gasteiger partial charge in [-0.1, -0.05) is 33.8 Å². The maximum atomic E-state index is 4.59. The van der Waals surface area contributed by atoms with Crippen molar-refractivity contribution < 1.29 is 0 Å². The molecule has 0 unspecified atom stereocenters. The molecule has 0 radical (unpaired) electrons. The van der Waals surface area contributed by atoms with Gasteiger partial charge < -0.3 is 10.2 Å². The molecule has 1 rings (SSSR count). The van der Waals surface area contributed by atoms with Crippen molar-refractivity contribution in [3.8, 4) is 0 Å². The van der Waals surface area contributed by atoms with Crippen molar-refractivity contribution in [2.75, 3.05) is 24.5 Å². The lowest BCUT2D eigenvalue weighted by Crippen LogP contribution is -2.28. The molecule has 19 heavy (non-hydrogen) atoms. The van der Waals surface area contributed by atoms with Gasteiger partial charge in [0.1, 0.15) is 5.82 Å². The molecule has 1 heterocycles. The molecule has 1 N–H and O–H groups in total. The van der Waals surface area contributed by atoms with Crippen LogP contribution < -0.4 is 10.2 Å². The number of hydrogen-bond donors (Lipinski definition) is 1. The highest BCUT2D eigenvalue weighted by Crippen LogP contribution is 2.13. The highest BCUT2D eigenvalue weighted by molar-refractivity contribution is 5.39. The van der Waals surface area contributed by atoms with Gasteiger partial charge in [-0.3, -0.25) is 0 Å². The molecule has 0 saturated carbocycles. The van der Waals surface area contributed by atoms with Crippen molar-refractivity contribution >= 4 is 5.82 Å². The van der Waals surface area contributed by atoms with E-state index in [4.69, 9.17) is 0 Å². The van der Waals surface area contributed by atoms with Crippen LogP contribution in [-0.4, -0.2) is 24.6 Å². The fraction of sp³-hybridized carbons (Fsp3) is 0.688. The van der Waals surface area contributed by atoms with E-state index in [0.29, 0.717) is 11.8 Å². The highest BCUT2D eigenvalue weighted by Gasteiger charge is 2.07. The zero-order valence-electron chi connectivity index (χ0n) is 13.1. The fourth-order valence-corrected chi connectivity index (χ4v) is 2.04. The largest absolute Gasteiger partial charge is 0.357 e. The standard InChI is InChI=1S/C16H29N3/c1-6-19(12-14(4)5)16-8-7-15(11-18-16)10-17-9-13(2)3/h7-8,11,13-14,17H,6,9-10,12H2,1-5H3. The molecule has 0 aliphatic carbocycles. The lowest BCUT2D eigenvalue weighted by molar-refractivity contribution is 0.551. The van der Waals surface area contributed by atoms with Gasteiger partial charge in [0.25, 0.3) is 0 Å². The molecular formula is C16H29N3. The maximum Gasteiger partial charge on any atom is 0.128 e. The minimum absolute atomic E-state index is 0.661. The van der Waals surface area contributed by atoms with Crippen LogP contribution in [0, 0.1) is 11.8 Å². The second-order valence-electron chi connectivity index (χ2n) is 5.98. The first kappa shape index (κ1) is 16.0. The van der Waals surface area contributed by atoms with Crippen LogP contribution in [0.15, 0.2) is 18.3 Å². The van der Waals surface area contributed by atoms with E-state index >= 15 is 0 Å². The summed E-state index contributed by atoms with van der Waals surface area (Å²) in [6, 6.07) is 4.32. The normalized spacial score (nSPS) is 11.3. The number of nitrogens with one attached hydrogen (secondary N) is 1. The topological polar surface area (TPSA) is 28.2 Å². The van der Waals surface area contributed by atoms with E-state index in [9.17, 15) is 0 Å². The molecule has 0 aromatic carbocycles. The number of pyridine rings is 1. The maximum absolute atomic E-state index is 4.59. The second-order valence-corrected chi connectivity index (χ2v) is 5.98. The Morgan fingerprint density at radius 3 is 2.37 bits per heavy atom. The van der Waals surface area contributed by atoms with Crippen LogP contribution in [0.3, 0.4) is 0 Å². The van der Waals surface area contributed by atoms with Crippen molar-refractivity contribution in [3.63, 3.8) is 0 Å². The Morgan fingerprint density at radius 2 is 1.89 bits per heavy atom. The van der Waals surface area contributed by atoms with Crippen LogP contribution in [0.2, 0.25) is 0 Å². The molecule has 3 nitrogen and oxygen atoms in total.